The van der Waals surface area contributed by atoms with Gasteiger partial charge in [-0.25, -0.2) is 9.78 Å². The van der Waals surface area contributed by atoms with Crippen molar-refractivity contribution < 1.29 is 9.36 Å². The van der Waals surface area contributed by atoms with Crippen LogP contribution in [0.4, 0.5) is 0 Å². The number of aryl methyl sites for hydroxylation is 1. The number of halogens is 1. The fraction of sp³-hybridized carbons (Fsp3) is 0.125. The van der Waals surface area contributed by atoms with E-state index < -0.39 is 5.76 Å². The first-order valence-corrected chi connectivity index (χ1v) is 7.84. The molecule has 7 nitrogen and oxygen atoms in total. The second-order valence-corrected chi connectivity index (χ2v) is 5.63. The van der Waals surface area contributed by atoms with Crippen molar-refractivity contribution in [2.75, 3.05) is 0 Å². The van der Waals surface area contributed by atoms with Crippen LogP contribution in [0.3, 0.4) is 0 Å². The minimum Gasteiger partial charge on any atom is -0.389 e. The highest BCUT2D eigenvalue weighted by Crippen LogP contribution is 2.10. The lowest BCUT2D eigenvalue weighted by Gasteiger charge is -2.06. The van der Waals surface area contributed by atoms with Gasteiger partial charge in [0.05, 0.1) is 5.69 Å². The Balaban J connectivity index is 1.90. The smallest absolute Gasteiger partial charge is 0.389 e. The first-order valence-electron chi connectivity index (χ1n) is 7.05. The van der Waals surface area contributed by atoms with Crippen molar-refractivity contribution in [3.63, 3.8) is 0 Å². The molecule has 0 aliphatic carbocycles. The number of benzene rings is 1. The number of rotatable bonds is 5. The van der Waals surface area contributed by atoms with Crippen LogP contribution in [0.15, 0.2) is 67.6 Å². The summed E-state index contributed by atoms with van der Waals surface area (Å²) in [6, 6.07) is 14.8. The molecule has 0 fully saturated rings. The van der Waals surface area contributed by atoms with Gasteiger partial charge in [-0.2, -0.15) is 9.72 Å². The van der Waals surface area contributed by atoms with Gasteiger partial charge in [0.2, 0.25) is 0 Å². The van der Waals surface area contributed by atoms with E-state index >= 15 is 0 Å². The van der Waals surface area contributed by atoms with Crippen molar-refractivity contribution in [3.05, 3.63) is 80.8 Å². The topological polar surface area (TPSA) is 82.5 Å². The molecule has 0 saturated carbocycles. The number of hydrogen-bond acceptors (Lipinski definition) is 6. The number of hydrogen-bond donors (Lipinski definition) is 0. The molecule has 0 bridgehead atoms. The Morgan fingerprint density at radius 1 is 1.21 bits per heavy atom. The molecule has 122 valence electrons. The van der Waals surface area contributed by atoms with Gasteiger partial charge >= 0.3 is 5.76 Å². The first-order chi connectivity index (χ1) is 11.6. The summed E-state index contributed by atoms with van der Waals surface area (Å²) in [5.41, 5.74) is 1.87. The van der Waals surface area contributed by atoms with Crippen molar-refractivity contribution in [1.82, 2.24) is 14.7 Å². The molecule has 0 spiro atoms. The van der Waals surface area contributed by atoms with Crippen molar-refractivity contribution >= 4 is 21.6 Å². The van der Waals surface area contributed by atoms with Crippen LogP contribution >= 0.6 is 15.9 Å². The number of oxime groups is 1. The normalized spacial score (nSPS) is 11.5. The van der Waals surface area contributed by atoms with Crippen LogP contribution in [-0.2, 0) is 18.5 Å². The quantitative estimate of drug-likeness (QED) is 0.381. The van der Waals surface area contributed by atoms with Gasteiger partial charge < -0.3 is 9.36 Å². The van der Waals surface area contributed by atoms with Crippen molar-refractivity contribution in [2.24, 2.45) is 12.2 Å². The highest BCUT2D eigenvalue weighted by molar-refractivity contribution is 9.10. The lowest BCUT2D eigenvalue weighted by molar-refractivity contribution is 0.127. The molecule has 0 radical (unpaired) electrons. The van der Waals surface area contributed by atoms with Crippen LogP contribution in [0.1, 0.15) is 17.1 Å². The van der Waals surface area contributed by atoms with Gasteiger partial charge in [-0.3, -0.25) is 0 Å². The molecule has 24 heavy (non-hydrogen) atoms. The Labute approximate surface area is 145 Å². The molecule has 0 aliphatic rings. The maximum Gasteiger partial charge on any atom is 0.460 e. The second-order valence-electron chi connectivity index (χ2n) is 4.82. The summed E-state index contributed by atoms with van der Waals surface area (Å²) < 4.78 is 6.87. The Morgan fingerprint density at radius 2 is 2.00 bits per heavy atom. The third-order valence-corrected chi connectivity index (χ3v) is 3.55. The zero-order valence-electron chi connectivity index (χ0n) is 12.7. The monoisotopic (exact) mass is 388 g/mol. The van der Waals surface area contributed by atoms with E-state index in [-0.39, 0.29) is 12.4 Å². The highest BCUT2D eigenvalue weighted by atomic mass is 79.9. The Kier molecular flexibility index (Phi) is 4.85. The lowest BCUT2D eigenvalue weighted by atomic mass is 10.1. The zero-order valence-corrected chi connectivity index (χ0v) is 14.3. The van der Waals surface area contributed by atoms with Crippen LogP contribution in [0.25, 0.3) is 0 Å². The van der Waals surface area contributed by atoms with Crippen molar-refractivity contribution in [3.8, 4) is 0 Å². The number of nitrogens with zero attached hydrogens (tertiary/aromatic N) is 4. The average molecular weight is 389 g/mol. The van der Waals surface area contributed by atoms with E-state index in [1.54, 1.807) is 7.05 Å². The molecule has 8 heteroatoms. The summed E-state index contributed by atoms with van der Waals surface area (Å²) in [4.78, 5) is 24.9. The van der Waals surface area contributed by atoms with E-state index in [9.17, 15) is 4.79 Å². The minimum atomic E-state index is -0.690. The highest BCUT2D eigenvalue weighted by Gasteiger charge is 2.16. The van der Waals surface area contributed by atoms with Gasteiger partial charge in [-0.05, 0) is 28.1 Å². The van der Waals surface area contributed by atoms with Crippen molar-refractivity contribution in [1.29, 1.82) is 0 Å². The van der Waals surface area contributed by atoms with Crippen LogP contribution in [-0.4, -0.2) is 20.4 Å². The van der Waals surface area contributed by atoms with Crippen molar-refractivity contribution in [2.45, 2.75) is 6.61 Å². The summed E-state index contributed by atoms with van der Waals surface area (Å²) in [6.45, 7) is 0.182. The van der Waals surface area contributed by atoms with Gasteiger partial charge in [0.25, 0.3) is 0 Å². The van der Waals surface area contributed by atoms with E-state index in [1.165, 1.54) is 4.74 Å². The third kappa shape index (κ3) is 3.77. The number of aromatic nitrogens is 3. The summed E-state index contributed by atoms with van der Waals surface area (Å²) >= 11 is 3.31. The molecule has 0 aliphatic heterocycles. The largest absolute Gasteiger partial charge is 0.460 e. The Morgan fingerprint density at radius 3 is 2.67 bits per heavy atom. The Bertz CT molecular complexity index is 918. The maximum absolute atomic E-state index is 11.4. The molecular weight excluding hydrogens is 376 g/mol. The molecule has 1 aromatic carbocycles. The second kappa shape index (κ2) is 7.22. The molecule has 2 heterocycles. The van der Waals surface area contributed by atoms with E-state index in [0.29, 0.717) is 5.71 Å². The molecule has 3 rings (SSSR count). The predicted molar refractivity (Wildman–Crippen MR) is 90.6 cm³/mol. The van der Waals surface area contributed by atoms with Crippen LogP contribution in [0.2, 0.25) is 0 Å². The van der Waals surface area contributed by atoms with Gasteiger partial charge in [-0.1, -0.05) is 41.6 Å². The Hall–Kier alpha value is -2.74. The average Bonchev–Trinajstić information content (AvgIpc) is 2.91. The molecule has 0 N–H and O–H groups in total. The minimum absolute atomic E-state index is 0.182. The number of pyridine rings is 1. The molecule has 2 aromatic heterocycles. The fourth-order valence-corrected chi connectivity index (χ4v) is 2.43. The summed E-state index contributed by atoms with van der Waals surface area (Å²) in [5.74, 6) is -0.404. The summed E-state index contributed by atoms with van der Waals surface area (Å²) in [6.07, 6.45) is 0. The van der Waals surface area contributed by atoms with Gasteiger partial charge in [-0.15, -0.1) is 0 Å². The summed E-state index contributed by atoms with van der Waals surface area (Å²) in [5, 5.41) is 4.14. The van der Waals surface area contributed by atoms with Gasteiger partial charge in [0.15, 0.2) is 18.1 Å². The van der Waals surface area contributed by atoms with E-state index in [4.69, 9.17) is 9.36 Å². The molecule has 0 saturated heterocycles. The molecule has 0 amide bonds. The summed E-state index contributed by atoms with van der Waals surface area (Å²) in [7, 11) is 1.58. The van der Waals surface area contributed by atoms with Crippen LogP contribution in [0, 0.1) is 0 Å². The van der Waals surface area contributed by atoms with Crippen LogP contribution in [0.5, 0.6) is 0 Å². The fourth-order valence-electron chi connectivity index (χ4n) is 2.05. The zero-order chi connectivity index (χ0) is 16.9. The van der Waals surface area contributed by atoms with E-state index in [1.807, 2.05) is 48.5 Å². The molecular formula is C16H13BrN4O3. The SMILES string of the molecule is Cn1oc(=O)nc1/C(=N/OCc1cccc(Br)n1)c1ccccc1. The standard InChI is InChI=1S/C16H13BrN4O3/c1-21-15(19-16(22)24-21)14(11-6-3-2-4-7-11)20-23-10-12-8-5-9-13(17)18-12/h2-9H,10H2,1H3/b20-14+. The molecule has 3 aromatic rings. The lowest BCUT2D eigenvalue weighted by Crippen LogP contribution is -2.12. The van der Waals surface area contributed by atoms with Gasteiger partial charge in [0.1, 0.15) is 4.60 Å². The maximum atomic E-state index is 11.4. The first kappa shape index (κ1) is 16.1. The predicted octanol–water partition coefficient (Wildman–Crippen LogP) is 2.50. The molecule has 0 atom stereocenters. The molecule has 0 unspecified atom stereocenters. The third-order valence-electron chi connectivity index (χ3n) is 3.11. The van der Waals surface area contributed by atoms with E-state index in [0.717, 1.165) is 15.9 Å². The van der Waals surface area contributed by atoms with Gasteiger partial charge in [0, 0.05) is 12.6 Å². The van der Waals surface area contributed by atoms with E-state index in [2.05, 4.69) is 31.1 Å². The van der Waals surface area contributed by atoms with Crippen LogP contribution < -0.4 is 5.76 Å².